The van der Waals surface area contributed by atoms with E-state index < -0.39 is 0 Å². The Bertz CT molecular complexity index is 383. The summed E-state index contributed by atoms with van der Waals surface area (Å²) in [5.74, 6) is 4.68. The molecule has 0 spiro atoms. The van der Waals surface area contributed by atoms with Crippen molar-refractivity contribution < 1.29 is 9.90 Å². The van der Waals surface area contributed by atoms with Crippen molar-refractivity contribution in [2.75, 3.05) is 0 Å². The average Bonchev–Trinajstić information content (AvgIpc) is 3.04. The first-order chi connectivity index (χ1) is 8.69. The van der Waals surface area contributed by atoms with Gasteiger partial charge in [0, 0.05) is 12.5 Å². The first-order valence-corrected chi connectivity index (χ1v) is 7.66. The number of hydrogen-bond donors (Lipinski definition) is 2. The predicted octanol–water partition coefficient (Wildman–Crippen LogP) is 1.55. The van der Waals surface area contributed by atoms with E-state index in [1.807, 2.05) is 6.92 Å². The van der Waals surface area contributed by atoms with E-state index in [0.29, 0.717) is 18.4 Å². The fourth-order valence-electron chi connectivity index (χ4n) is 6.04. The van der Waals surface area contributed by atoms with Gasteiger partial charge in [-0.1, -0.05) is 6.92 Å². The molecule has 4 bridgehead atoms. The van der Waals surface area contributed by atoms with Gasteiger partial charge in [-0.2, -0.15) is 0 Å². The lowest BCUT2D eigenvalue weighted by Gasteiger charge is -2.40. The van der Waals surface area contributed by atoms with Crippen LogP contribution in [0, 0.1) is 35.5 Å². The maximum Gasteiger partial charge on any atom is 0.219 e. The van der Waals surface area contributed by atoms with Crippen LogP contribution in [0.25, 0.3) is 0 Å². The summed E-state index contributed by atoms with van der Waals surface area (Å²) in [6.07, 6.45) is 5.37. The number of aliphatic hydroxyl groups is 1. The van der Waals surface area contributed by atoms with Crippen molar-refractivity contribution in [1.82, 2.24) is 5.32 Å². The number of aliphatic hydroxyl groups excluding tert-OH is 1. The molecule has 4 fully saturated rings. The van der Waals surface area contributed by atoms with Gasteiger partial charge in [0.15, 0.2) is 0 Å². The summed E-state index contributed by atoms with van der Waals surface area (Å²) >= 11 is 0. The van der Waals surface area contributed by atoms with Crippen LogP contribution in [0.15, 0.2) is 0 Å². The van der Waals surface area contributed by atoms with Gasteiger partial charge in [0.25, 0.3) is 0 Å². The third kappa shape index (κ3) is 1.31. The number of carbonyl (C=O) groups is 1. The smallest absolute Gasteiger partial charge is 0.219 e. The molecule has 0 aromatic heterocycles. The van der Waals surface area contributed by atoms with E-state index in [4.69, 9.17) is 0 Å². The van der Waals surface area contributed by atoms with Crippen LogP contribution in [0.1, 0.15) is 39.0 Å². The van der Waals surface area contributed by atoms with E-state index in [9.17, 15) is 9.90 Å². The summed E-state index contributed by atoms with van der Waals surface area (Å²) in [5.41, 5.74) is 0. The van der Waals surface area contributed by atoms with Gasteiger partial charge in [0.1, 0.15) is 0 Å². The Morgan fingerprint density at radius 3 is 2.56 bits per heavy atom. The monoisotopic (exact) mass is 249 g/mol. The number of fused-ring (bicyclic) bond motifs is 9. The molecule has 8 atom stereocenters. The summed E-state index contributed by atoms with van der Waals surface area (Å²) in [7, 11) is 0. The van der Waals surface area contributed by atoms with Gasteiger partial charge >= 0.3 is 0 Å². The number of rotatable bonds is 2. The fourth-order valence-corrected chi connectivity index (χ4v) is 6.04. The molecule has 0 aromatic rings. The van der Waals surface area contributed by atoms with Crippen LogP contribution in [0.5, 0.6) is 0 Å². The molecule has 8 unspecified atom stereocenters. The Morgan fingerprint density at radius 2 is 1.78 bits per heavy atom. The molecule has 1 amide bonds. The first kappa shape index (κ1) is 11.3. The quantitative estimate of drug-likeness (QED) is 0.730. The van der Waals surface area contributed by atoms with E-state index in [1.54, 1.807) is 0 Å². The number of carbonyl (C=O) groups excluding carboxylic acids is 1. The molecule has 100 valence electrons. The topological polar surface area (TPSA) is 49.3 Å². The molecule has 0 saturated heterocycles. The summed E-state index contributed by atoms with van der Waals surface area (Å²) in [4.78, 5) is 11.6. The lowest BCUT2D eigenvalue weighted by molar-refractivity contribution is -0.122. The summed E-state index contributed by atoms with van der Waals surface area (Å²) in [5, 5.41) is 13.3. The molecule has 2 N–H and O–H groups in total. The molecule has 4 aliphatic carbocycles. The van der Waals surface area contributed by atoms with Crippen LogP contribution in [-0.4, -0.2) is 23.2 Å². The number of nitrogens with one attached hydrogen (secondary N) is 1. The molecule has 3 heteroatoms. The lowest BCUT2D eigenvalue weighted by atomic mass is 9.68. The van der Waals surface area contributed by atoms with Crippen LogP contribution in [0.3, 0.4) is 0 Å². The SMILES string of the molecule is CCC(=O)NC1CC2CC1C1C3CC(O)C(C3)C21. The molecule has 0 aliphatic heterocycles. The molecule has 4 aliphatic rings. The van der Waals surface area contributed by atoms with Crippen LogP contribution in [0.2, 0.25) is 0 Å². The van der Waals surface area contributed by atoms with Crippen LogP contribution in [0.4, 0.5) is 0 Å². The molecule has 0 heterocycles. The van der Waals surface area contributed by atoms with Gasteiger partial charge in [0.2, 0.25) is 5.91 Å². The molecule has 18 heavy (non-hydrogen) atoms. The minimum absolute atomic E-state index is 0.0146. The van der Waals surface area contributed by atoms with Crippen LogP contribution < -0.4 is 5.32 Å². The number of hydrogen-bond acceptors (Lipinski definition) is 2. The molecular formula is C15H23NO2. The van der Waals surface area contributed by atoms with Crippen molar-refractivity contribution >= 4 is 5.91 Å². The highest BCUT2D eigenvalue weighted by Gasteiger charge is 2.64. The number of amides is 1. The standard InChI is InChI=1S/C15H23NO2/c1-2-13(18)16-11-5-7-3-9(11)14-8-4-10(15(7)14)12(17)6-8/h7-12,14-15,17H,2-6H2,1H3,(H,16,18). The zero-order valence-corrected chi connectivity index (χ0v) is 11.0. The highest BCUT2D eigenvalue weighted by atomic mass is 16.3. The maximum atomic E-state index is 11.6. The van der Waals surface area contributed by atoms with Gasteiger partial charge in [-0.3, -0.25) is 4.79 Å². The lowest BCUT2D eigenvalue weighted by Crippen LogP contribution is -2.46. The zero-order valence-electron chi connectivity index (χ0n) is 11.0. The van der Waals surface area contributed by atoms with Gasteiger partial charge in [-0.15, -0.1) is 0 Å². The van der Waals surface area contributed by atoms with Gasteiger partial charge < -0.3 is 10.4 Å². The largest absolute Gasteiger partial charge is 0.393 e. The minimum atomic E-state index is -0.0146. The van der Waals surface area contributed by atoms with Gasteiger partial charge in [0.05, 0.1) is 6.10 Å². The highest BCUT2D eigenvalue weighted by Crippen LogP contribution is 2.67. The first-order valence-electron chi connectivity index (χ1n) is 7.66. The Kier molecular flexibility index (Phi) is 2.33. The Labute approximate surface area is 108 Å². The molecule has 0 radical (unpaired) electrons. The zero-order chi connectivity index (χ0) is 12.4. The maximum absolute atomic E-state index is 11.6. The molecular weight excluding hydrogens is 226 g/mol. The summed E-state index contributed by atoms with van der Waals surface area (Å²) in [6.45, 7) is 1.93. The fraction of sp³-hybridized carbons (Fsp3) is 0.933. The van der Waals surface area contributed by atoms with E-state index in [1.165, 1.54) is 19.3 Å². The third-order valence-electron chi connectivity index (χ3n) is 6.45. The van der Waals surface area contributed by atoms with E-state index in [0.717, 1.165) is 36.0 Å². The van der Waals surface area contributed by atoms with Crippen LogP contribution in [-0.2, 0) is 4.79 Å². The van der Waals surface area contributed by atoms with Gasteiger partial charge in [-0.05, 0) is 61.2 Å². The second-order valence-electron chi connectivity index (χ2n) is 7.04. The predicted molar refractivity (Wildman–Crippen MR) is 67.6 cm³/mol. The second-order valence-corrected chi connectivity index (χ2v) is 7.04. The molecule has 3 nitrogen and oxygen atoms in total. The van der Waals surface area contributed by atoms with Crippen molar-refractivity contribution in [3.05, 3.63) is 0 Å². The minimum Gasteiger partial charge on any atom is -0.393 e. The van der Waals surface area contributed by atoms with Gasteiger partial charge in [-0.25, -0.2) is 0 Å². The highest BCUT2D eigenvalue weighted by molar-refractivity contribution is 5.75. The van der Waals surface area contributed by atoms with Crippen molar-refractivity contribution in [2.24, 2.45) is 35.5 Å². The van der Waals surface area contributed by atoms with E-state index in [-0.39, 0.29) is 12.0 Å². The molecule has 4 rings (SSSR count). The summed E-state index contributed by atoms with van der Waals surface area (Å²) < 4.78 is 0. The summed E-state index contributed by atoms with van der Waals surface area (Å²) in [6, 6.07) is 0.445. The van der Waals surface area contributed by atoms with Crippen molar-refractivity contribution in [3.63, 3.8) is 0 Å². The van der Waals surface area contributed by atoms with Crippen molar-refractivity contribution in [1.29, 1.82) is 0 Å². The molecule has 0 aromatic carbocycles. The molecule has 4 saturated carbocycles. The Hall–Kier alpha value is -0.570. The van der Waals surface area contributed by atoms with Crippen molar-refractivity contribution in [3.8, 4) is 0 Å². The Balaban J connectivity index is 1.53. The Morgan fingerprint density at radius 1 is 1.11 bits per heavy atom. The van der Waals surface area contributed by atoms with E-state index >= 15 is 0 Å². The van der Waals surface area contributed by atoms with Crippen LogP contribution >= 0.6 is 0 Å². The van der Waals surface area contributed by atoms with Crippen molar-refractivity contribution in [2.45, 2.75) is 51.2 Å². The van der Waals surface area contributed by atoms with E-state index in [2.05, 4.69) is 5.32 Å². The second kappa shape index (κ2) is 3.72. The third-order valence-corrected chi connectivity index (χ3v) is 6.45. The normalized spacial score (nSPS) is 55.9. The average molecular weight is 249 g/mol.